The minimum absolute atomic E-state index is 0.221. The number of pyridine rings is 1. The molecule has 4 rings (SSSR count). The first-order chi connectivity index (χ1) is 15.5. The zero-order chi connectivity index (χ0) is 22.7. The molecular formula is C23H24N4O5. The largest absolute Gasteiger partial charge is 0.497 e. The summed E-state index contributed by atoms with van der Waals surface area (Å²) in [5.74, 6) is -0.0543. The van der Waals surface area contributed by atoms with Gasteiger partial charge in [0, 0.05) is 30.4 Å². The molecule has 3 aromatic rings. The summed E-state index contributed by atoms with van der Waals surface area (Å²) in [6.45, 7) is 0.937. The van der Waals surface area contributed by atoms with Gasteiger partial charge in [-0.2, -0.15) is 0 Å². The third kappa shape index (κ3) is 4.48. The zero-order valence-electron chi connectivity index (χ0n) is 17.5. The van der Waals surface area contributed by atoms with Crippen LogP contribution in [0.25, 0.3) is 10.8 Å². The second-order valence-electron chi connectivity index (χ2n) is 7.47. The van der Waals surface area contributed by atoms with Crippen LogP contribution in [0, 0.1) is 0 Å². The maximum atomic E-state index is 12.9. The minimum Gasteiger partial charge on any atom is -0.497 e. The van der Waals surface area contributed by atoms with Gasteiger partial charge in [-0.3, -0.25) is 9.59 Å². The van der Waals surface area contributed by atoms with Gasteiger partial charge < -0.3 is 30.5 Å². The molecular weight excluding hydrogens is 412 g/mol. The minimum atomic E-state index is -1.65. The van der Waals surface area contributed by atoms with Gasteiger partial charge in [-0.1, -0.05) is 12.1 Å². The van der Waals surface area contributed by atoms with E-state index in [1.807, 2.05) is 24.3 Å². The highest BCUT2D eigenvalue weighted by atomic mass is 16.5. The number of fused-ring (bicyclic) bond motifs is 1. The monoisotopic (exact) mass is 436 g/mol. The van der Waals surface area contributed by atoms with E-state index in [-0.39, 0.29) is 6.61 Å². The molecule has 1 fully saturated rings. The summed E-state index contributed by atoms with van der Waals surface area (Å²) in [5, 5.41) is 14.7. The summed E-state index contributed by atoms with van der Waals surface area (Å²) in [4.78, 5) is 31.1. The molecule has 0 radical (unpaired) electrons. The van der Waals surface area contributed by atoms with Crippen LogP contribution in [0.2, 0.25) is 0 Å². The van der Waals surface area contributed by atoms with Gasteiger partial charge in [0.1, 0.15) is 11.6 Å². The van der Waals surface area contributed by atoms with Crippen molar-refractivity contribution in [1.82, 2.24) is 9.88 Å². The van der Waals surface area contributed by atoms with Gasteiger partial charge in [0.2, 0.25) is 0 Å². The van der Waals surface area contributed by atoms with Crippen molar-refractivity contribution in [2.45, 2.75) is 18.8 Å². The molecule has 0 unspecified atom stereocenters. The Balaban J connectivity index is 1.42. The number of carbonyl (C=O) groups is 2. The molecule has 4 N–H and O–H groups in total. The number of nitrogens with one attached hydrogen (secondary N) is 1. The molecule has 0 spiro atoms. The average molecular weight is 436 g/mol. The van der Waals surface area contributed by atoms with Crippen LogP contribution in [0.5, 0.6) is 5.75 Å². The molecule has 9 nitrogen and oxygen atoms in total. The Kier molecular flexibility index (Phi) is 6.20. The third-order valence-electron chi connectivity index (χ3n) is 5.36. The molecule has 166 valence electrons. The Morgan fingerprint density at radius 1 is 1.31 bits per heavy atom. The lowest BCUT2D eigenvalue weighted by Gasteiger charge is -2.34. The molecule has 1 aromatic heterocycles. The Bertz CT molecular complexity index is 1130. The molecule has 1 saturated heterocycles. The Morgan fingerprint density at radius 2 is 2.09 bits per heavy atom. The molecule has 2 aromatic carbocycles. The number of aliphatic hydroxyl groups is 1. The highest BCUT2D eigenvalue weighted by Crippen LogP contribution is 2.23. The van der Waals surface area contributed by atoms with Gasteiger partial charge >= 0.3 is 0 Å². The predicted octanol–water partition coefficient (Wildman–Crippen LogP) is 1.55. The second kappa shape index (κ2) is 9.21. The van der Waals surface area contributed by atoms with Crippen LogP contribution in [0.3, 0.4) is 0 Å². The number of morpholine rings is 1. The fourth-order valence-corrected chi connectivity index (χ4v) is 3.62. The SMILES string of the molecule is COc1ccc(CN2CCO[C@H]([C@@H](O)C(=O)Nc3ccc4c(N)nccc4c3)C2=O)cc1. The van der Waals surface area contributed by atoms with Gasteiger partial charge in [-0.15, -0.1) is 0 Å². The molecule has 0 bridgehead atoms. The number of methoxy groups -OCH3 is 1. The van der Waals surface area contributed by atoms with Crippen LogP contribution in [0.4, 0.5) is 11.5 Å². The molecule has 0 aliphatic carbocycles. The summed E-state index contributed by atoms with van der Waals surface area (Å²) in [5.41, 5.74) is 7.22. The lowest BCUT2D eigenvalue weighted by Crippen LogP contribution is -2.54. The summed E-state index contributed by atoms with van der Waals surface area (Å²) < 4.78 is 10.6. The van der Waals surface area contributed by atoms with E-state index >= 15 is 0 Å². The summed E-state index contributed by atoms with van der Waals surface area (Å²) in [6.07, 6.45) is -1.36. The fraction of sp³-hybridized carbons (Fsp3) is 0.261. The number of anilines is 2. The average Bonchev–Trinajstić information content (AvgIpc) is 2.80. The van der Waals surface area contributed by atoms with Gasteiger partial charge in [-0.25, -0.2) is 4.98 Å². The number of nitrogen functional groups attached to an aromatic ring is 1. The zero-order valence-corrected chi connectivity index (χ0v) is 17.5. The molecule has 1 aliphatic rings. The van der Waals surface area contributed by atoms with Gasteiger partial charge in [-0.05, 0) is 47.3 Å². The van der Waals surface area contributed by atoms with Crippen LogP contribution in [-0.2, 0) is 20.9 Å². The Hall–Kier alpha value is -3.69. The number of aliphatic hydroxyl groups excluding tert-OH is 1. The number of carbonyl (C=O) groups excluding carboxylic acids is 2. The number of amides is 2. The number of hydrogen-bond donors (Lipinski definition) is 3. The lowest BCUT2D eigenvalue weighted by molar-refractivity contribution is -0.166. The first-order valence-electron chi connectivity index (χ1n) is 10.1. The molecule has 2 heterocycles. The first kappa shape index (κ1) is 21.5. The number of benzene rings is 2. The van der Waals surface area contributed by atoms with Crippen molar-refractivity contribution in [3.63, 3.8) is 0 Å². The number of hydrogen-bond acceptors (Lipinski definition) is 7. The van der Waals surface area contributed by atoms with E-state index < -0.39 is 24.0 Å². The molecule has 32 heavy (non-hydrogen) atoms. The van der Waals surface area contributed by atoms with Gasteiger partial charge in [0.05, 0.1) is 13.7 Å². The smallest absolute Gasteiger partial charge is 0.256 e. The molecule has 1 aliphatic heterocycles. The standard InChI is InChI=1S/C23H24N4O5/c1-31-17-5-2-14(3-6-17)13-27-10-11-32-20(23(27)30)19(28)22(29)26-16-4-7-18-15(12-16)8-9-25-21(18)24/h2-9,12,19-20,28H,10-11,13H2,1H3,(H2,24,25)(H,26,29)/t19-,20-/m1/s1. The van der Waals surface area contributed by atoms with Crippen LogP contribution in [0.1, 0.15) is 5.56 Å². The van der Waals surface area contributed by atoms with E-state index in [4.69, 9.17) is 15.2 Å². The number of nitrogens with zero attached hydrogens (tertiary/aromatic N) is 2. The topological polar surface area (TPSA) is 127 Å². The maximum absolute atomic E-state index is 12.9. The number of nitrogens with two attached hydrogens (primary N) is 1. The highest BCUT2D eigenvalue weighted by molar-refractivity contribution is 6.01. The van der Waals surface area contributed by atoms with Crippen LogP contribution in [-0.4, -0.2) is 59.3 Å². The number of aromatic nitrogens is 1. The van der Waals surface area contributed by atoms with E-state index in [1.165, 1.54) is 0 Å². The van der Waals surface area contributed by atoms with Gasteiger partial charge in [0.15, 0.2) is 12.2 Å². The van der Waals surface area contributed by atoms with E-state index in [1.54, 1.807) is 42.5 Å². The quantitative estimate of drug-likeness (QED) is 0.535. The molecule has 9 heteroatoms. The lowest BCUT2D eigenvalue weighted by atomic mass is 10.1. The van der Waals surface area contributed by atoms with Gasteiger partial charge in [0.25, 0.3) is 11.8 Å². The predicted molar refractivity (Wildman–Crippen MR) is 119 cm³/mol. The second-order valence-corrected chi connectivity index (χ2v) is 7.47. The highest BCUT2D eigenvalue weighted by Gasteiger charge is 2.38. The summed E-state index contributed by atoms with van der Waals surface area (Å²) >= 11 is 0. The van der Waals surface area contributed by atoms with Crippen molar-refractivity contribution in [3.8, 4) is 5.75 Å². The summed E-state index contributed by atoms with van der Waals surface area (Å²) in [6, 6.07) is 14.2. The Morgan fingerprint density at radius 3 is 2.84 bits per heavy atom. The Labute approximate surface area is 184 Å². The maximum Gasteiger partial charge on any atom is 0.256 e. The number of ether oxygens (including phenoxy) is 2. The third-order valence-corrected chi connectivity index (χ3v) is 5.36. The van der Waals surface area contributed by atoms with E-state index in [9.17, 15) is 14.7 Å². The van der Waals surface area contributed by atoms with Crippen molar-refractivity contribution in [2.75, 3.05) is 31.3 Å². The van der Waals surface area contributed by atoms with Crippen LogP contribution in [0.15, 0.2) is 54.7 Å². The van der Waals surface area contributed by atoms with E-state index in [0.29, 0.717) is 24.6 Å². The fourth-order valence-electron chi connectivity index (χ4n) is 3.62. The van der Waals surface area contributed by atoms with E-state index in [0.717, 1.165) is 22.1 Å². The van der Waals surface area contributed by atoms with E-state index in [2.05, 4.69) is 10.3 Å². The van der Waals surface area contributed by atoms with Crippen molar-refractivity contribution < 1.29 is 24.2 Å². The summed E-state index contributed by atoms with van der Waals surface area (Å²) in [7, 11) is 1.59. The van der Waals surface area contributed by atoms with Crippen LogP contribution < -0.4 is 15.8 Å². The molecule has 0 saturated carbocycles. The van der Waals surface area contributed by atoms with Crippen LogP contribution >= 0.6 is 0 Å². The number of rotatable bonds is 6. The molecule has 2 amide bonds. The van der Waals surface area contributed by atoms with Crippen molar-refractivity contribution >= 4 is 34.1 Å². The van der Waals surface area contributed by atoms with Crippen molar-refractivity contribution in [3.05, 3.63) is 60.3 Å². The first-order valence-corrected chi connectivity index (χ1v) is 10.1. The normalized spacial score (nSPS) is 17.2. The van der Waals surface area contributed by atoms with Crippen molar-refractivity contribution in [2.24, 2.45) is 0 Å². The van der Waals surface area contributed by atoms with Crippen molar-refractivity contribution in [1.29, 1.82) is 0 Å². The molecule has 2 atom stereocenters.